The van der Waals surface area contributed by atoms with Crippen LogP contribution in [0.1, 0.15) is 88.2 Å². The highest BCUT2D eigenvalue weighted by atomic mass is 32.1. The van der Waals surface area contributed by atoms with E-state index in [0.717, 1.165) is 43.5 Å². The van der Waals surface area contributed by atoms with Gasteiger partial charge in [0.25, 0.3) is 11.8 Å². The van der Waals surface area contributed by atoms with Crippen molar-refractivity contribution < 1.29 is 19.4 Å². The van der Waals surface area contributed by atoms with Gasteiger partial charge in [0.05, 0.1) is 24.9 Å². The van der Waals surface area contributed by atoms with Gasteiger partial charge in [-0.15, -0.1) is 11.3 Å². The molecule has 2 aromatic carbocycles. The number of anilines is 1. The van der Waals surface area contributed by atoms with Crippen molar-refractivity contribution in [3.8, 4) is 5.75 Å². The maximum Gasteiger partial charge on any atom is 0.257 e. The molecule has 2 amide bonds. The Hall–Kier alpha value is -3.27. The third-order valence-corrected chi connectivity index (χ3v) is 7.82. The van der Waals surface area contributed by atoms with Crippen molar-refractivity contribution in [1.82, 2.24) is 15.6 Å². The van der Waals surface area contributed by atoms with Crippen LogP contribution in [-0.4, -0.2) is 41.6 Å². The Balaban J connectivity index is 1.40. The monoisotopic (exact) mass is 536 g/mol. The van der Waals surface area contributed by atoms with Gasteiger partial charge in [-0.1, -0.05) is 19.1 Å². The van der Waals surface area contributed by atoms with Crippen molar-refractivity contribution in [1.29, 1.82) is 0 Å². The van der Waals surface area contributed by atoms with Crippen LogP contribution in [-0.2, 0) is 12.8 Å². The summed E-state index contributed by atoms with van der Waals surface area (Å²) in [6.45, 7) is 6.67. The molecule has 3 aromatic rings. The van der Waals surface area contributed by atoms with Gasteiger partial charge in [0.1, 0.15) is 5.75 Å². The lowest BCUT2D eigenvalue weighted by molar-refractivity contribution is 0.0939. The Labute approximate surface area is 227 Å². The number of amides is 2. The van der Waals surface area contributed by atoms with E-state index >= 15 is 0 Å². The van der Waals surface area contributed by atoms with Crippen molar-refractivity contribution in [2.45, 2.75) is 64.6 Å². The van der Waals surface area contributed by atoms with Crippen molar-refractivity contribution in [2.24, 2.45) is 0 Å². The van der Waals surface area contributed by atoms with Crippen LogP contribution in [0.5, 0.6) is 5.75 Å². The molecule has 38 heavy (non-hydrogen) atoms. The third kappa shape index (κ3) is 6.59. The molecular formula is C29H36N4O4S. The third-order valence-electron chi connectivity index (χ3n) is 6.78. The summed E-state index contributed by atoms with van der Waals surface area (Å²) in [5, 5.41) is 20.2. The molecule has 0 radical (unpaired) electrons. The number of benzene rings is 2. The van der Waals surface area contributed by atoms with Gasteiger partial charge in [-0.05, 0) is 82.0 Å². The molecule has 202 valence electrons. The molecule has 8 nitrogen and oxygen atoms in total. The zero-order chi connectivity index (χ0) is 27.2. The number of aromatic nitrogens is 1. The first-order valence-corrected chi connectivity index (χ1v) is 13.9. The van der Waals surface area contributed by atoms with E-state index in [1.165, 1.54) is 12.0 Å². The standard InChI is InChI=1S/C29H36N4O4S/c1-5-13-30-22-10-11-24-26(16-22)38-29(32-24)33-28(36)20-8-6-7-19(14-20)17(2)31-27(35)21-9-12-25(37-4)23(15-21)18(3)34/h6-9,12,14-15,17-18,22,30,34H,5,10-11,13,16H2,1-4H3,(H,31,35)(H,32,33,36)/t17-,18?,22+/m1/s1. The van der Waals surface area contributed by atoms with Crippen LogP contribution in [0.25, 0.3) is 0 Å². The molecule has 9 heteroatoms. The maximum absolute atomic E-state index is 13.0. The van der Waals surface area contributed by atoms with Gasteiger partial charge < -0.3 is 20.5 Å². The Kier molecular flexibility index (Phi) is 9.14. The Morgan fingerprint density at radius 2 is 1.95 bits per heavy atom. The van der Waals surface area contributed by atoms with Crippen LogP contribution in [0.2, 0.25) is 0 Å². The molecule has 0 saturated heterocycles. The lowest BCUT2D eigenvalue weighted by Gasteiger charge is -2.21. The highest BCUT2D eigenvalue weighted by Crippen LogP contribution is 2.30. The number of hydrogen-bond donors (Lipinski definition) is 4. The number of thiazole rings is 1. The Bertz CT molecular complexity index is 1290. The summed E-state index contributed by atoms with van der Waals surface area (Å²) in [5.74, 6) is 0.0169. The van der Waals surface area contributed by atoms with Crippen LogP contribution in [0, 0.1) is 0 Å². The fourth-order valence-electron chi connectivity index (χ4n) is 4.64. The van der Waals surface area contributed by atoms with E-state index in [2.05, 4.69) is 27.9 Å². The predicted octanol–water partition coefficient (Wildman–Crippen LogP) is 4.81. The van der Waals surface area contributed by atoms with Gasteiger partial charge in [0.15, 0.2) is 5.13 Å². The molecule has 1 aromatic heterocycles. The van der Waals surface area contributed by atoms with Crippen LogP contribution in [0.3, 0.4) is 0 Å². The van der Waals surface area contributed by atoms with Crippen LogP contribution >= 0.6 is 11.3 Å². The lowest BCUT2D eigenvalue weighted by atomic mass is 9.98. The van der Waals surface area contributed by atoms with Gasteiger partial charge >= 0.3 is 0 Å². The first-order valence-electron chi connectivity index (χ1n) is 13.1. The highest BCUT2D eigenvalue weighted by molar-refractivity contribution is 7.15. The summed E-state index contributed by atoms with van der Waals surface area (Å²) < 4.78 is 5.28. The fourth-order valence-corrected chi connectivity index (χ4v) is 5.72. The first-order chi connectivity index (χ1) is 18.3. The minimum atomic E-state index is -0.771. The predicted molar refractivity (Wildman–Crippen MR) is 150 cm³/mol. The summed E-state index contributed by atoms with van der Waals surface area (Å²) in [6.07, 6.45) is 3.27. The number of ether oxygens (including phenoxy) is 1. The number of carbonyl (C=O) groups excluding carboxylic acids is 2. The number of hydrogen-bond acceptors (Lipinski definition) is 7. The second-order valence-electron chi connectivity index (χ2n) is 9.69. The zero-order valence-corrected chi connectivity index (χ0v) is 23.2. The van der Waals surface area contributed by atoms with E-state index in [1.807, 2.05) is 19.1 Å². The number of aliphatic hydroxyl groups excluding tert-OH is 1. The number of fused-ring (bicyclic) bond motifs is 1. The van der Waals surface area contributed by atoms with Gasteiger partial charge in [-0.25, -0.2) is 4.98 Å². The van der Waals surface area contributed by atoms with E-state index in [-0.39, 0.29) is 17.9 Å². The van der Waals surface area contributed by atoms with Crippen molar-refractivity contribution in [2.75, 3.05) is 19.0 Å². The molecule has 0 bridgehead atoms. The van der Waals surface area contributed by atoms with E-state index in [4.69, 9.17) is 4.74 Å². The average molecular weight is 537 g/mol. The van der Waals surface area contributed by atoms with Gasteiger partial charge in [0.2, 0.25) is 0 Å². The Morgan fingerprint density at radius 3 is 2.68 bits per heavy atom. The van der Waals surface area contributed by atoms with Gasteiger partial charge in [0, 0.05) is 27.6 Å². The fraction of sp³-hybridized carbons (Fsp3) is 0.414. The van der Waals surface area contributed by atoms with Crippen LogP contribution in [0.4, 0.5) is 5.13 Å². The number of nitrogens with one attached hydrogen (secondary N) is 3. The molecule has 1 heterocycles. The summed E-state index contributed by atoms with van der Waals surface area (Å²) in [7, 11) is 1.52. The van der Waals surface area contributed by atoms with E-state index in [9.17, 15) is 14.7 Å². The van der Waals surface area contributed by atoms with Crippen molar-refractivity contribution in [3.63, 3.8) is 0 Å². The molecule has 0 saturated carbocycles. The van der Waals surface area contributed by atoms with Crippen molar-refractivity contribution >= 4 is 28.3 Å². The summed E-state index contributed by atoms with van der Waals surface area (Å²) >= 11 is 1.55. The second kappa shape index (κ2) is 12.5. The molecule has 4 N–H and O–H groups in total. The number of rotatable bonds is 10. The van der Waals surface area contributed by atoms with E-state index in [1.54, 1.807) is 48.6 Å². The molecule has 1 unspecified atom stereocenters. The minimum Gasteiger partial charge on any atom is -0.496 e. The topological polar surface area (TPSA) is 113 Å². The largest absolute Gasteiger partial charge is 0.496 e. The summed E-state index contributed by atoms with van der Waals surface area (Å²) in [4.78, 5) is 31.9. The molecule has 3 atom stereocenters. The van der Waals surface area contributed by atoms with Crippen LogP contribution in [0.15, 0.2) is 42.5 Å². The maximum atomic E-state index is 13.0. The van der Waals surface area contributed by atoms with Gasteiger partial charge in [-0.3, -0.25) is 14.9 Å². The first kappa shape index (κ1) is 27.8. The highest BCUT2D eigenvalue weighted by Gasteiger charge is 2.23. The quantitative estimate of drug-likeness (QED) is 0.296. The molecule has 1 aliphatic rings. The summed E-state index contributed by atoms with van der Waals surface area (Å²) in [5.41, 5.74) is 3.35. The van der Waals surface area contributed by atoms with E-state index < -0.39 is 6.10 Å². The number of aryl methyl sites for hydroxylation is 1. The summed E-state index contributed by atoms with van der Waals surface area (Å²) in [6, 6.07) is 12.3. The lowest BCUT2D eigenvalue weighted by Crippen LogP contribution is -2.34. The minimum absolute atomic E-state index is 0.228. The Morgan fingerprint density at radius 1 is 1.16 bits per heavy atom. The van der Waals surface area contributed by atoms with Crippen LogP contribution < -0.4 is 20.7 Å². The SMILES string of the molecule is CCCN[C@H]1CCc2nc(NC(=O)c3cccc([C@@H](C)NC(=O)c4ccc(OC)c(C(C)O)c4)c3)sc2C1. The molecule has 4 rings (SSSR count). The number of methoxy groups -OCH3 is 1. The average Bonchev–Trinajstić information content (AvgIpc) is 3.32. The number of nitrogens with zero attached hydrogens (tertiary/aromatic N) is 1. The molecule has 0 fully saturated rings. The smallest absolute Gasteiger partial charge is 0.257 e. The second-order valence-corrected chi connectivity index (χ2v) is 10.8. The molecule has 0 aliphatic heterocycles. The normalized spacial score (nSPS) is 16.3. The molecule has 1 aliphatic carbocycles. The molecule has 0 spiro atoms. The number of carbonyl (C=O) groups is 2. The number of aliphatic hydroxyl groups is 1. The van der Waals surface area contributed by atoms with Gasteiger partial charge in [-0.2, -0.15) is 0 Å². The molecular weight excluding hydrogens is 500 g/mol. The van der Waals surface area contributed by atoms with Crippen molar-refractivity contribution in [3.05, 3.63) is 75.3 Å². The zero-order valence-electron chi connectivity index (χ0n) is 22.3. The van der Waals surface area contributed by atoms with E-state index in [0.29, 0.717) is 33.6 Å².